The molecule has 1 aromatic heterocycles. The Hall–Kier alpha value is -1.61. The Balaban J connectivity index is 1.99. The van der Waals surface area contributed by atoms with Crippen LogP contribution in [0.25, 0.3) is 10.8 Å². The quantitative estimate of drug-likeness (QED) is 0.746. The zero-order valence-electron chi connectivity index (χ0n) is 11.5. The lowest BCUT2D eigenvalue weighted by Gasteiger charge is -2.33. The van der Waals surface area contributed by atoms with Crippen LogP contribution in [0, 0.1) is 0 Å². The third-order valence-corrected chi connectivity index (χ3v) is 4.26. The Labute approximate surface area is 123 Å². The van der Waals surface area contributed by atoms with Gasteiger partial charge in [-0.05, 0) is 37.6 Å². The van der Waals surface area contributed by atoms with Crippen molar-refractivity contribution in [3.8, 4) is 0 Å². The molecule has 0 N–H and O–H groups in total. The second-order valence-corrected chi connectivity index (χ2v) is 5.72. The van der Waals surface area contributed by atoms with Gasteiger partial charge in [-0.3, -0.25) is 4.79 Å². The molecule has 0 bridgehead atoms. The number of carbonyl (C=O) groups excluding carboxylic acids is 1. The number of fused-ring (bicyclic) bond motifs is 1. The summed E-state index contributed by atoms with van der Waals surface area (Å²) in [6.45, 7) is 2.91. The topological polar surface area (TPSA) is 33.2 Å². The number of hydrogen-bond acceptors (Lipinski definition) is 2. The number of carbonyl (C=O) groups is 1. The van der Waals surface area contributed by atoms with Crippen LogP contribution in [0.15, 0.2) is 30.3 Å². The van der Waals surface area contributed by atoms with Crippen molar-refractivity contribution >= 4 is 28.3 Å². The van der Waals surface area contributed by atoms with E-state index in [1.165, 1.54) is 6.42 Å². The van der Waals surface area contributed by atoms with Gasteiger partial charge in [0, 0.05) is 18.0 Å². The molecule has 3 nitrogen and oxygen atoms in total. The third kappa shape index (κ3) is 2.38. The van der Waals surface area contributed by atoms with Crippen LogP contribution in [-0.2, 0) is 0 Å². The first-order valence-electron chi connectivity index (χ1n) is 7.03. The smallest absolute Gasteiger partial charge is 0.272 e. The van der Waals surface area contributed by atoms with Gasteiger partial charge in [0.05, 0.1) is 0 Å². The molecule has 2 aromatic rings. The molecule has 1 atom stereocenters. The maximum Gasteiger partial charge on any atom is 0.272 e. The Morgan fingerprint density at radius 3 is 2.95 bits per heavy atom. The minimum atomic E-state index is -0.00940. The van der Waals surface area contributed by atoms with Gasteiger partial charge < -0.3 is 4.90 Å². The Morgan fingerprint density at radius 1 is 1.35 bits per heavy atom. The minimum Gasteiger partial charge on any atom is -0.335 e. The predicted molar refractivity (Wildman–Crippen MR) is 81.1 cm³/mol. The molecule has 20 heavy (non-hydrogen) atoms. The van der Waals surface area contributed by atoms with E-state index in [1.807, 2.05) is 35.2 Å². The number of benzene rings is 1. The van der Waals surface area contributed by atoms with Crippen molar-refractivity contribution in [1.82, 2.24) is 9.88 Å². The van der Waals surface area contributed by atoms with Crippen molar-refractivity contribution in [2.45, 2.75) is 32.2 Å². The lowest BCUT2D eigenvalue weighted by Crippen LogP contribution is -2.42. The SMILES string of the molecule is CC1CCCCN1C(=O)c1cc2ccccc2c(Cl)n1. The van der Waals surface area contributed by atoms with Crippen molar-refractivity contribution < 1.29 is 4.79 Å². The zero-order chi connectivity index (χ0) is 14.1. The van der Waals surface area contributed by atoms with Crippen molar-refractivity contribution in [3.05, 3.63) is 41.2 Å². The molecule has 1 aromatic carbocycles. The van der Waals surface area contributed by atoms with E-state index in [1.54, 1.807) is 0 Å². The Morgan fingerprint density at radius 2 is 2.15 bits per heavy atom. The molecule has 2 heterocycles. The number of hydrogen-bond donors (Lipinski definition) is 0. The van der Waals surface area contributed by atoms with Gasteiger partial charge in [0.15, 0.2) is 0 Å². The van der Waals surface area contributed by atoms with E-state index in [9.17, 15) is 4.79 Å². The van der Waals surface area contributed by atoms with Crippen LogP contribution in [0.3, 0.4) is 0 Å². The number of piperidine rings is 1. The van der Waals surface area contributed by atoms with Crippen LogP contribution in [0.5, 0.6) is 0 Å². The lowest BCUT2D eigenvalue weighted by atomic mass is 10.0. The summed E-state index contributed by atoms with van der Waals surface area (Å²) in [4.78, 5) is 18.8. The average molecular weight is 289 g/mol. The number of nitrogens with zero attached hydrogens (tertiary/aromatic N) is 2. The Bertz CT molecular complexity index is 656. The normalized spacial score (nSPS) is 19.3. The summed E-state index contributed by atoms with van der Waals surface area (Å²) >= 11 is 6.20. The van der Waals surface area contributed by atoms with Crippen LogP contribution in [0.4, 0.5) is 0 Å². The maximum absolute atomic E-state index is 12.6. The van der Waals surface area contributed by atoms with Crippen molar-refractivity contribution in [2.75, 3.05) is 6.54 Å². The molecule has 0 spiro atoms. The van der Waals surface area contributed by atoms with E-state index in [0.717, 1.165) is 30.2 Å². The van der Waals surface area contributed by atoms with Crippen LogP contribution < -0.4 is 0 Å². The second kappa shape index (κ2) is 5.41. The largest absolute Gasteiger partial charge is 0.335 e. The molecule has 1 saturated heterocycles. The summed E-state index contributed by atoms with van der Waals surface area (Å²) < 4.78 is 0. The van der Waals surface area contributed by atoms with E-state index in [2.05, 4.69) is 11.9 Å². The van der Waals surface area contributed by atoms with E-state index < -0.39 is 0 Å². The number of pyridine rings is 1. The molecular weight excluding hydrogens is 272 g/mol. The first kappa shape index (κ1) is 13.4. The highest BCUT2D eigenvalue weighted by Crippen LogP contribution is 2.24. The summed E-state index contributed by atoms with van der Waals surface area (Å²) in [5.74, 6) is -0.00940. The summed E-state index contributed by atoms with van der Waals surface area (Å²) in [7, 11) is 0. The minimum absolute atomic E-state index is 0.00940. The highest BCUT2D eigenvalue weighted by Gasteiger charge is 2.25. The van der Waals surface area contributed by atoms with E-state index in [0.29, 0.717) is 10.8 Å². The standard InChI is InChI=1S/C16H17ClN2O/c1-11-6-4-5-9-19(11)16(20)14-10-12-7-2-3-8-13(12)15(17)18-14/h2-3,7-8,10-11H,4-6,9H2,1H3. The molecule has 104 valence electrons. The molecule has 0 saturated carbocycles. The number of halogens is 1. The molecule has 1 aliphatic rings. The summed E-state index contributed by atoms with van der Waals surface area (Å²) in [5, 5.41) is 2.24. The van der Waals surface area contributed by atoms with Crippen LogP contribution >= 0.6 is 11.6 Å². The second-order valence-electron chi connectivity index (χ2n) is 5.36. The first-order valence-corrected chi connectivity index (χ1v) is 7.41. The van der Waals surface area contributed by atoms with Gasteiger partial charge in [0.25, 0.3) is 5.91 Å². The molecule has 4 heteroatoms. The summed E-state index contributed by atoms with van der Waals surface area (Å²) in [5.41, 5.74) is 0.447. The third-order valence-electron chi connectivity index (χ3n) is 3.98. The van der Waals surface area contributed by atoms with Crippen LogP contribution in [0.2, 0.25) is 5.15 Å². The number of aromatic nitrogens is 1. The fourth-order valence-electron chi connectivity index (χ4n) is 2.81. The molecule has 3 rings (SSSR count). The fraction of sp³-hybridized carbons (Fsp3) is 0.375. The van der Waals surface area contributed by atoms with Crippen molar-refractivity contribution in [2.24, 2.45) is 0 Å². The molecule has 1 amide bonds. The van der Waals surface area contributed by atoms with Crippen LogP contribution in [0.1, 0.15) is 36.7 Å². The van der Waals surface area contributed by atoms with Gasteiger partial charge >= 0.3 is 0 Å². The summed E-state index contributed by atoms with van der Waals surface area (Å²) in [6.07, 6.45) is 3.32. The maximum atomic E-state index is 12.6. The Kier molecular flexibility index (Phi) is 3.62. The molecule has 1 unspecified atom stereocenters. The first-order chi connectivity index (χ1) is 9.66. The monoisotopic (exact) mass is 288 g/mol. The van der Waals surface area contributed by atoms with Crippen molar-refractivity contribution in [1.29, 1.82) is 0 Å². The average Bonchev–Trinajstić information content (AvgIpc) is 2.47. The highest BCUT2D eigenvalue weighted by atomic mass is 35.5. The van der Waals surface area contributed by atoms with Gasteiger partial charge in [-0.15, -0.1) is 0 Å². The van der Waals surface area contributed by atoms with Gasteiger partial charge in [0.2, 0.25) is 0 Å². The van der Waals surface area contributed by atoms with Gasteiger partial charge in [-0.2, -0.15) is 0 Å². The molecule has 0 radical (unpaired) electrons. The van der Waals surface area contributed by atoms with Gasteiger partial charge in [-0.1, -0.05) is 35.9 Å². The lowest BCUT2D eigenvalue weighted by molar-refractivity contribution is 0.0630. The van der Waals surface area contributed by atoms with E-state index >= 15 is 0 Å². The van der Waals surface area contributed by atoms with Gasteiger partial charge in [0.1, 0.15) is 10.8 Å². The zero-order valence-corrected chi connectivity index (χ0v) is 12.2. The molecule has 0 aliphatic carbocycles. The highest BCUT2D eigenvalue weighted by molar-refractivity contribution is 6.34. The van der Waals surface area contributed by atoms with E-state index in [4.69, 9.17) is 11.6 Å². The molecule has 1 aliphatic heterocycles. The number of amides is 1. The predicted octanol–water partition coefficient (Wildman–Crippen LogP) is 3.90. The fourth-order valence-corrected chi connectivity index (χ4v) is 3.08. The van der Waals surface area contributed by atoms with Crippen LogP contribution in [-0.4, -0.2) is 28.4 Å². The summed E-state index contributed by atoms with van der Waals surface area (Å²) in [6, 6.07) is 9.86. The van der Waals surface area contributed by atoms with Crippen molar-refractivity contribution in [3.63, 3.8) is 0 Å². The molecular formula is C16H17ClN2O. The van der Waals surface area contributed by atoms with Gasteiger partial charge in [-0.25, -0.2) is 4.98 Å². The van der Waals surface area contributed by atoms with E-state index in [-0.39, 0.29) is 11.9 Å². The molecule has 1 fully saturated rings. The number of rotatable bonds is 1. The number of likely N-dealkylation sites (tertiary alicyclic amines) is 1.